The molecular formula is C7H4ClN3O3. The summed E-state index contributed by atoms with van der Waals surface area (Å²) in [5.41, 5.74) is -0.174. The molecule has 0 aliphatic carbocycles. The van der Waals surface area contributed by atoms with Crippen LogP contribution in [0.25, 0.3) is 6.01 Å². The number of halogens is 1. The van der Waals surface area contributed by atoms with Crippen molar-refractivity contribution in [3.05, 3.63) is 29.4 Å². The summed E-state index contributed by atoms with van der Waals surface area (Å²) in [5.74, 6) is -1.15. The van der Waals surface area contributed by atoms with Gasteiger partial charge in [0, 0.05) is 0 Å². The summed E-state index contributed by atoms with van der Waals surface area (Å²) < 4.78 is 6.12. The quantitative estimate of drug-likeness (QED) is 0.811. The largest absolute Gasteiger partial charge is 0.476 e. The molecular weight excluding hydrogens is 210 g/mol. The second-order valence-corrected chi connectivity index (χ2v) is 2.86. The molecule has 2 rings (SSSR count). The van der Waals surface area contributed by atoms with Gasteiger partial charge in [0.1, 0.15) is 6.26 Å². The minimum Gasteiger partial charge on any atom is -0.476 e. The monoisotopic (exact) mass is 213 g/mol. The molecule has 1 N–H and O–H groups in total. The first-order valence-electron chi connectivity index (χ1n) is 3.56. The van der Waals surface area contributed by atoms with Crippen molar-refractivity contribution in [2.24, 2.45) is 0 Å². The molecule has 7 heteroatoms. The summed E-state index contributed by atoms with van der Waals surface area (Å²) in [6, 6.07) is 0.0642. The van der Waals surface area contributed by atoms with Gasteiger partial charge in [-0.2, -0.15) is 14.8 Å². The van der Waals surface area contributed by atoms with E-state index in [1.165, 1.54) is 17.1 Å². The molecule has 0 aromatic carbocycles. The van der Waals surface area contributed by atoms with Crippen LogP contribution >= 0.6 is 11.6 Å². The number of carboxylic acids is 1. The molecule has 0 spiro atoms. The first kappa shape index (κ1) is 8.76. The second-order valence-electron chi connectivity index (χ2n) is 2.42. The Morgan fingerprint density at radius 3 is 2.93 bits per heavy atom. The lowest BCUT2D eigenvalue weighted by atomic mass is 10.5. The van der Waals surface area contributed by atoms with E-state index in [0.29, 0.717) is 5.02 Å². The third-order valence-electron chi connectivity index (χ3n) is 1.46. The number of aromatic nitrogens is 3. The van der Waals surface area contributed by atoms with Gasteiger partial charge in [0.2, 0.25) is 0 Å². The first-order chi connectivity index (χ1) is 6.66. The summed E-state index contributed by atoms with van der Waals surface area (Å²) >= 11 is 5.61. The SMILES string of the molecule is O=C(O)c1coc(-n2cc(Cl)cn2)n1. The van der Waals surface area contributed by atoms with Gasteiger partial charge in [-0.25, -0.2) is 4.79 Å². The summed E-state index contributed by atoms with van der Waals surface area (Å²) in [4.78, 5) is 14.1. The molecule has 2 aromatic rings. The lowest BCUT2D eigenvalue weighted by molar-refractivity contribution is 0.0690. The highest BCUT2D eigenvalue weighted by Gasteiger charge is 2.12. The fraction of sp³-hybridized carbons (Fsp3) is 0. The van der Waals surface area contributed by atoms with E-state index in [1.807, 2.05) is 0 Å². The minimum atomic E-state index is -1.15. The summed E-state index contributed by atoms with van der Waals surface area (Å²) in [7, 11) is 0. The predicted molar refractivity (Wildman–Crippen MR) is 45.6 cm³/mol. The highest BCUT2D eigenvalue weighted by molar-refractivity contribution is 6.30. The molecule has 0 aliphatic heterocycles. The summed E-state index contributed by atoms with van der Waals surface area (Å²) in [6.45, 7) is 0. The average Bonchev–Trinajstić information content (AvgIpc) is 2.70. The van der Waals surface area contributed by atoms with E-state index in [1.54, 1.807) is 0 Å². The maximum absolute atomic E-state index is 10.5. The zero-order valence-electron chi connectivity index (χ0n) is 6.72. The highest BCUT2D eigenvalue weighted by Crippen LogP contribution is 2.11. The Bertz CT molecular complexity index is 476. The Morgan fingerprint density at radius 1 is 1.64 bits per heavy atom. The van der Waals surface area contributed by atoms with Gasteiger partial charge in [0.05, 0.1) is 17.4 Å². The molecule has 0 amide bonds. The van der Waals surface area contributed by atoms with Crippen LogP contribution in [0.1, 0.15) is 10.5 Å². The topological polar surface area (TPSA) is 81.1 Å². The van der Waals surface area contributed by atoms with Crippen LogP contribution < -0.4 is 0 Å². The number of carboxylic acid groups (broad SMARTS) is 1. The van der Waals surface area contributed by atoms with Crippen molar-refractivity contribution in [1.82, 2.24) is 14.8 Å². The Morgan fingerprint density at radius 2 is 2.43 bits per heavy atom. The number of hydrogen-bond acceptors (Lipinski definition) is 4. The normalized spacial score (nSPS) is 10.4. The van der Waals surface area contributed by atoms with Gasteiger partial charge in [-0.05, 0) is 0 Å². The van der Waals surface area contributed by atoms with Gasteiger partial charge in [0.15, 0.2) is 5.69 Å². The maximum atomic E-state index is 10.5. The van der Waals surface area contributed by atoms with E-state index in [-0.39, 0.29) is 11.7 Å². The average molecular weight is 214 g/mol. The van der Waals surface area contributed by atoms with Crippen LogP contribution in [0, 0.1) is 0 Å². The third-order valence-corrected chi connectivity index (χ3v) is 1.65. The van der Waals surface area contributed by atoms with E-state index >= 15 is 0 Å². The molecule has 72 valence electrons. The van der Waals surface area contributed by atoms with E-state index in [4.69, 9.17) is 21.1 Å². The van der Waals surface area contributed by atoms with E-state index in [9.17, 15) is 4.79 Å². The minimum absolute atomic E-state index is 0.0642. The van der Waals surface area contributed by atoms with Crippen LogP contribution in [0.15, 0.2) is 23.1 Å². The van der Waals surface area contributed by atoms with Gasteiger partial charge in [-0.3, -0.25) is 0 Å². The molecule has 0 unspecified atom stereocenters. The Balaban J connectivity index is 2.38. The molecule has 6 nitrogen and oxygen atoms in total. The molecule has 0 radical (unpaired) electrons. The molecule has 2 heterocycles. The van der Waals surface area contributed by atoms with Crippen molar-refractivity contribution < 1.29 is 14.3 Å². The Kier molecular flexibility index (Phi) is 1.97. The van der Waals surface area contributed by atoms with Crippen LogP contribution in [0.5, 0.6) is 0 Å². The van der Waals surface area contributed by atoms with Crippen molar-refractivity contribution >= 4 is 17.6 Å². The van der Waals surface area contributed by atoms with Crippen molar-refractivity contribution in [3.8, 4) is 6.01 Å². The standard InChI is InChI=1S/C7H4ClN3O3/c8-4-1-9-11(2-4)7-10-5(3-14-7)6(12)13/h1-3H,(H,12,13). The fourth-order valence-electron chi connectivity index (χ4n) is 0.873. The van der Waals surface area contributed by atoms with Crippen LogP contribution in [0.4, 0.5) is 0 Å². The molecule has 2 aromatic heterocycles. The Hall–Kier alpha value is -1.82. The van der Waals surface area contributed by atoms with Gasteiger partial charge in [-0.15, -0.1) is 0 Å². The van der Waals surface area contributed by atoms with Crippen LogP contribution in [0.2, 0.25) is 5.02 Å². The maximum Gasteiger partial charge on any atom is 0.357 e. The predicted octanol–water partition coefficient (Wildman–Crippen LogP) is 1.21. The lowest BCUT2D eigenvalue weighted by Gasteiger charge is -1.89. The van der Waals surface area contributed by atoms with Gasteiger partial charge in [-0.1, -0.05) is 11.6 Å². The zero-order valence-corrected chi connectivity index (χ0v) is 7.47. The number of nitrogens with zero attached hydrogens (tertiary/aromatic N) is 3. The van der Waals surface area contributed by atoms with Crippen LogP contribution in [0.3, 0.4) is 0 Å². The van der Waals surface area contributed by atoms with Crippen molar-refractivity contribution in [2.45, 2.75) is 0 Å². The van der Waals surface area contributed by atoms with Crippen LogP contribution in [-0.4, -0.2) is 25.8 Å². The molecule has 0 atom stereocenters. The smallest absolute Gasteiger partial charge is 0.357 e. The molecule has 0 aliphatic rings. The molecule has 0 bridgehead atoms. The van der Waals surface area contributed by atoms with E-state index < -0.39 is 5.97 Å². The molecule has 14 heavy (non-hydrogen) atoms. The molecule has 0 saturated heterocycles. The number of oxazole rings is 1. The molecule has 0 fully saturated rings. The number of hydrogen-bond donors (Lipinski definition) is 1. The van der Waals surface area contributed by atoms with Crippen molar-refractivity contribution in [1.29, 1.82) is 0 Å². The number of aromatic carboxylic acids is 1. The number of carbonyl (C=O) groups is 1. The van der Waals surface area contributed by atoms with Gasteiger partial charge < -0.3 is 9.52 Å². The summed E-state index contributed by atoms with van der Waals surface area (Å²) in [6.07, 6.45) is 3.89. The highest BCUT2D eigenvalue weighted by atomic mass is 35.5. The Labute approximate surface area is 82.7 Å². The lowest BCUT2D eigenvalue weighted by Crippen LogP contribution is -1.99. The molecule has 0 saturated carbocycles. The summed E-state index contributed by atoms with van der Waals surface area (Å²) in [5, 5.41) is 12.8. The third kappa shape index (κ3) is 1.47. The van der Waals surface area contributed by atoms with Crippen molar-refractivity contribution in [2.75, 3.05) is 0 Å². The van der Waals surface area contributed by atoms with Gasteiger partial charge in [0.25, 0.3) is 0 Å². The van der Waals surface area contributed by atoms with Gasteiger partial charge >= 0.3 is 12.0 Å². The van der Waals surface area contributed by atoms with Crippen LogP contribution in [-0.2, 0) is 0 Å². The first-order valence-corrected chi connectivity index (χ1v) is 3.94. The van der Waals surface area contributed by atoms with E-state index in [2.05, 4.69) is 10.1 Å². The number of rotatable bonds is 2. The second kappa shape index (κ2) is 3.15. The fourth-order valence-corrected chi connectivity index (χ4v) is 1.01. The zero-order chi connectivity index (χ0) is 10.1. The van der Waals surface area contributed by atoms with E-state index in [0.717, 1.165) is 6.26 Å². The van der Waals surface area contributed by atoms with Crippen molar-refractivity contribution in [3.63, 3.8) is 0 Å².